The monoisotopic (exact) mass is 252 g/mol. The van der Waals surface area contributed by atoms with E-state index in [-0.39, 0.29) is 5.92 Å². The van der Waals surface area contributed by atoms with Gasteiger partial charge in [0.15, 0.2) is 0 Å². The fourth-order valence-corrected chi connectivity index (χ4v) is 4.61. The van der Waals surface area contributed by atoms with Crippen LogP contribution in [0, 0.1) is 35.5 Å². The topological polar surface area (TPSA) is 37.3 Å². The lowest BCUT2D eigenvalue weighted by Gasteiger charge is -2.42. The summed E-state index contributed by atoms with van der Waals surface area (Å²) >= 11 is 0. The van der Waals surface area contributed by atoms with Crippen LogP contribution in [0.1, 0.15) is 59.3 Å². The first kappa shape index (κ1) is 13.9. The SMILES string of the molecule is CC1CC(C)CC(C2CC(C)CCC2C(=O)O)C1. The normalized spacial score (nSPS) is 45.7. The van der Waals surface area contributed by atoms with Gasteiger partial charge in [-0.05, 0) is 68.1 Å². The molecule has 2 fully saturated rings. The average molecular weight is 252 g/mol. The molecule has 5 unspecified atom stereocenters. The summed E-state index contributed by atoms with van der Waals surface area (Å²) in [5.41, 5.74) is 0. The molecule has 0 bridgehead atoms. The summed E-state index contributed by atoms with van der Waals surface area (Å²) in [7, 11) is 0. The molecule has 2 rings (SSSR count). The first-order chi connectivity index (χ1) is 8.47. The van der Waals surface area contributed by atoms with Crippen molar-refractivity contribution in [1.29, 1.82) is 0 Å². The summed E-state index contributed by atoms with van der Waals surface area (Å²) in [6.07, 6.45) is 6.99. The number of rotatable bonds is 2. The summed E-state index contributed by atoms with van der Waals surface area (Å²) in [6, 6.07) is 0. The lowest BCUT2D eigenvalue weighted by molar-refractivity contribution is -0.147. The van der Waals surface area contributed by atoms with E-state index in [4.69, 9.17) is 0 Å². The van der Waals surface area contributed by atoms with Crippen LogP contribution in [0.15, 0.2) is 0 Å². The molecule has 104 valence electrons. The molecule has 18 heavy (non-hydrogen) atoms. The highest BCUT2D eigenvalue weighted by Crippen LogP contribution is 2.46. The molecule has 0 heterocycles. The van der Waals surface area contributed by atoms with Gasteiger partial charge in [-0.25, -0.2) is 0 Å². The van der Waals surface area contributed by atoms with E-state index in [0.717, 1.165) is 37.0 Å². The Morgan fingerprint density at radius 2 is 1.50 bits per heavy atom. The van der Waals surface area contributed by atoms with Crippen LogP contribution < -0.4 is 0 Å². The molecule has 2 aliphatic rings. The largest absolute Gasteiger partial charge is 0.481 e. The lowest BCUT2D eigenvalue weighted by Crippen LogP contribution is -2.37. The van der Waals surface area contributed by atoms with E-state index in [1.165, 1.54) is 19.3 Å². The number of carbonyl (C=O) groups is 1. The van der Waals surface area contributed by atoms with Gasteiger partial charge in [0.2, 0.25) is 0 Å². The zero-order valence-electron chi connectivity index (χ0n) is 12.1. The summed E-state index contributed by atoms with van der Waals surface area (Å²) in [5, 5.41) is 9.46. The van der Waals surface area contributed by atoms with Gasteiger partial charge in [0, 0.05) is 0 Å². The fraction of sp³-hybridized carbons (Fsp3) is 0.938. The molecule has 0 aromatic rings. The zero-order valence-corrected chi connectivity index (χ0v) is 12.1. The third-order valence-corrected chi connectivity index (χ3v) is 5.30. The quantitative estimate of drug-likeness (QED) is 0.800. The summed E-state index contributed by atoms with van der Waals surface area (Å²) in [4.78, 5) is 11.5. The first-order valence-electron chi connectivity index (χ1n) is 7.70. The maximum atomic E-state index is 11.5. The molecule has 0 radical (unpaired) electrons. The van der Waals surface area contributed by atoms with Crippen molar-refractivity contribution in [3.63, 3.8) is 0 Å². The highest BCUT2D eigenvalue weighted by molar-refractivity contribution is 5.70. The van der Waals surface area contributed by atoms with Crippen LogP contribution in [0.3, 0.4) is 0 Å². The van der Waals surface area contributed by atoms with E-state index in [0.29, 0.717) is 11.8 Å². The molecule has 5 atom stereocenters. The highest BCUT2D eigenvalue weighted by atomic mass is 16.4. The van der Waals surface area contributed by atoms with Crippen molar-refractivity contribution in [2.24, 2.45) is 35.5 Å². The maximum absolute atomic E-state index is 11.5. The van der Waals surface area contributed by atoms with Crippen molar-refractivity contribution in [2.75, 3.05) is 0 Å². The molecule has 0 aromatic heterocycles. The number of carboxylic acid groups (broad SMARTS) is 1. The maximum Gasteiger partial charge on any atom is 0.306 e. The van der Waals surface area contributed by atoms with E-state index < -0.39 is 5.97 Å². The molecular weight excluding hydrogens is 224 g/mol. The molecule has 2 saturated carbocycles. The van der Waals surface area contributed by atoms with Crippen molar-refractivity contribution in [1.82, 2.24) is 0 Å². The standard InChI is InChI=1S/C16H28O2/c1-10-4-5-14(16(17)18)15(9-10)13-7-11(2)6-12(3)8-13/h10-15H,4-9H2,1-3H3,(H,17,18). The Balaban J connectivity index is 2.09. The van der Waals surface area contributed by atoms with Gasteiger partial charge in [0.1, 0.15) is 0 Å². The average Bonchev–Trinajstić information content (AvgIpc) is 2.27. The van der Waals surface area contributed by atoms with Gasteiger partial charge in [-0.1, -0.05) is 20.8 Å². The number of hydrogen-bond donors (Lipinski definition) is 1. The van der Waals surface area contributed by atoms with E-state index in [1.807, 2.05) is 0 Å². The second-order valence-corrected chi connectivity index (χ2v) is 7.20. The summed E-state index contributed by atoms with van der Waals surface area (Å²) in [6.45, 7) is 6.97. The highest BCUT2D eigenvalue weighted by Gasteiger charge is 2.40. The third kappa shape index (κ3) is 3.07. The smallest absolute Gasteiger partial charge is 0.306 e. The van der Waals surface area contributed by atoms with Crippen LogP contribution in [0.2, 0.25) is 0 Å². The van der Waals surface area contributed by atoms with Crippen molar-refractivity contribution in [3.8, 4) is 0 Å². The summed E-state index contributed by atoms with van der Waals surface area (Å²) in [5.74, 6) is 2.78. The molecule has 2 nitrogen and oxygen atoms in total. The van der Waals surface area contributed by atoms with E-state index in [2.05, 4.69) is 20.8 Å². The molecule has 2 aliphatic carbocycles. The van der Waals surface area contributed by atoms with Gasteiger partial charge >= 0.3 is 5.97 Å². The lowest BCUT2D eigenvalue weighted by atomic mass is 9.62. The Morgan fingerprint density at radius 3 is 2.06 bits per heavy atom. The molecule has 0 aromatic carbocycles. The first-order valence-corrected chi connectivity index (χ1v) is 7.70. The Bertz CT molecular complexity index is 289. The second-order valence-electron chi connectivity index (χ2n) is 7.20. The van der Waals surface area contributed by atoms with Gasteiger partial charge in [-0.2, -0.15) is 0 Å². The van der Waals surface area contributed by atoms with Crippen molar-refractivity contribution >= 4 is 5.97 Å². The predicted octanol–water partition coefficient (Wildman–Crippen LogP) is 4.20. The van der Waals surface area contributed by atoms with E-state index >= 15 is 0 Å². The minimum atomic E-state index is -0.544. The van der Waals surface area contributed by atoms with Gasteiger partial charge in [0.25, 0.3) is 0 Å². The number of carboxylic acids is 1. The van der Waals surface area contributed by atoms with Gasteiger partial charge in [-0.3, -0.25) is 4.79 Å². The van der Waals surface area contributed by atoms with E-state index in [1.54, 1.807) is 0 Å². The Hall–Kier alpha value is -0.530. The van der Waals surface area contributed by atoms with Crippen LogP contribution in [0.4, 0.5) is 0 Å². The van der Waals surface area contributed by atoms with E-state index in [9.17, 15) is 9.90 Å². The Kier molecular flexibility index (Phi) is 4.34. The van der Waals surface area contributed by atoms with Gasteiger partial charge in [0.05, 0.1) is 5.92 Å². The molecule has 0 aliphatic heterocycles. The Labute approximate surface area is 111 Å². The molecule has 0 spiro atoms. The second kappa shape index (κ2) is 5.63. The molecule has 0 amide bonds. The molecule has 0 saturated heterocycles. The van der Waals surface area contributed by atoms with Crippen molar-refractivity contribution in [2.45, 2.75) is 59.3 Å². The number of aliphatic carboxylic acids is 1. The van der Waals surface area contributed by atoms with Crippen LogP contribution in [-0.4, -0.2) is 11.1 Å². The molecular formula is C16H28O2. The van der Waals surface area contributed by atoms with Crippen molar-refractivity contribution < 1.29 is 9.90 Å². The summed E-state index contributed by atoms with van der Waals surface area (Å²) < 4.78 is 0. The fourth-order valence-electron chi connectivity index (χ4n) is 4.61. The minimum Gasteiger partial charge on any atom is -0.481 e. The van der Waals surface area contributed by atoms with Crippen LogP contribution >= 0.6 is 0 Å². The van der Waals surface area contributed by atoms with Gasteiger partial charge < -0.3 is 5.11 Å². The van der Waals surface area contributed by atoms with Gasteiger partial charge in [-0.15, -0.1) is 0 Å². The number of hydrogen-bond acceptors (Lipinski definition) is 1. The van der Waals surface area contributed by atoms with Crippen LogP contribution in [0.25, 0.3) is 0 Å². The van der Waals surface area contributed by atoms with Crippen molar-refractivity contribution in [3.05, 3.63) is 0 Å². The van der Waals surface area contributed by atoms with Crippen LogP contribution in [-0.2, 0) is 4.79 Å². The van der Waals surface area contributed by atoms with Crippen LogP contribution in [0.5, 0.6) is 0 Å². The minimum absolute atomic E-state index is 0.0660. The predicted molar refractivity (Wildman–Crippen MR) is 73.3 cm³/mol. The molecule has 2 heteroatoms. The Morgan fingerprint density at radius 1 is 0.889 bits per heavy atom. The zero-order chi connectivity index (χ0) is 13.3. The third-order valence-electron chi connectivity index (χ3n) is 5.30. The molecule has 1 N–H and O–H groups in total.